The third kappa shape index (κ3) is 3.55. The molecule has 2 amide bonds. The van der Waals surface area contributed by atoms with Gasteiger partial charge in [-0.2, -0.15) is 0 Å². The van der Waals surface area contributed by atoms with E-state index in [1.807, 2.05) is 17.2 Å². The Morgan fingerprint density at radius 2 is 1.84 bits per heavy atom. The molecule has 2 aliphatic carbocycles. The van der Waals surface area contributed by atoms with Crippen molar-refractivity contribution >= 4 is 17.6 Å². The second-order valence-electron chi connectivity index (χ2n) is 7.77. The van der Waals surface area contributed by atoms with E-state index in [0.29, 0.717) is 24.8 Å². The van der Waals surface area contributed by atoms with Crippen LogP contribution in [0.1, 0.15) is 62.5 Å². The van der Waals surface area contributed by atoms with Crippen molar-refractivity contribution in [1.82, 2.24) is 9.88 Å². The van der Waals surface area contributed by atoms with Crippen LogP contribution < -0.4 is 5.32 Å². The van der Waals surface area contributed by atoms with Crippen molar-refractivity contribution in [3.63, 3.8) is 0 Å². The Kier molecular flexibility index (Phi) is 4.73. The van der Waals surface area contributed by atoms with Gasteiger partial charge in [-0.3, -0.25) is 9.59 Å². The summed E-state index contributed by atoms with van der Waals surface area (Å²) in [6.07, 6.45) is 12.7. The maximum atomic E-state index is 12.6. The molecule has 1 aliphatic heterocycles. The molecule has 1 unspecified atom stereocenters. The molecule has 1 aromatic rings. The Hall–Kier alpha value is -1.91. The summed E-state index contributed by atoms with van der Waals surface area (Å²) in [5.74, 6) is 0.474. The summed E-state index contributed by atoms with van der Waals surface area (Å²) in [5.41, 5.74) is 2.62. The van der Waals surface area contributed by atoms with Crippen molar-refractivity contribution in [3.05, 3.63) is 23.4 Å². The Bertz CT molecular complexity index is 667. The number of hydrogen-bond acceptors (Lipinski definition) is 3. The number of anilines is 1. The fourth-order valence-electron chi connectivity index (χ4n) is 4.56. The fraction of sp³-hybridized carbons (Fsp3) is 0.650. The van der Waals surface area contributed by atoms with Gasteiger partial charge < -0.3 is 10.2 Å². The van der Waals surface area contributed by atoms with E-state index in [9.17, 15) is 9.59 Å². The number of likely N-dealkylation sites (tertiary alicyclic amines) is 1. The molecule has 134 valence electrons. The quantitative estimate of drug-likeness (QED) is 0.919. The van der Waals surface area contributed by atoms with Gasteiger partial charge in [-0.05, 0) is 55.7 Å². The molecule has 0 aromatic carbocycles. The van der Waals surface area contributed by atoms with Crippen LogP contribution in [0.15, 0.2) is 12.3 Å². The van der Waals surface area contributed by atoms with Crippen LogP contribution in [-0.2, 0) is 22.4 Å². The van der Waals surface area contributed by atoms with Crippen LogP contribution in [0.2, 0.25) is 0 Å². The molecule has 1 saturated carbocycles. The average molecular weight is 341 g/mol. The van der Waals surface area contributed by atoms with E-state index < -0.39 is 0 Å². The van der Waals surface area contributed by atoms with Crippen LogP contribution in [0.25, 0.3) is 0 Å². The van der Waals surface area contributed by atoms with Gasteiger partial charge in [0.25, 0.3) is 0 Å². The first-order valence-electron chi connectivity index (χ1n) is 9.79. The highest BCUT2D eigenvalue weighted by Crippen LogP contribution is 2.29. The van der Waals surface area contributed by atoms with Crippen LogP contribution in [0, 0.1) is 5.92 Å². The third-order valence-electron chi connectivity index (χ3n) is 6.02. The van der Waals surface area contributed by atoms with E-state index in [0.717, 1.165) is 25.7 Å². The molecule has 1 aromatic heterocycles. The number of aryl methyl sites for hydroxylation is 2. The third-order valence-corrected chi connectivity index (χ3v) is 6.02. The van der Waals surface area contributed by atoms with E-state index in [-0.39, 0.29) is 17.7 Å². The zero-order chi connectivity index (χ0) is 17.2. The lowest BCUT2D eigenvalue weighted by atomic mass is 9.93. The number of aromatic nitrogens is 1. The van der Waals surface area contributed by atoms with E-state index in [2.05, 4.69) is 10.3 Å². The van der Waals surface area contributed by atoms with Gasteiger partial charge in [0.1, 0.15) is 5.82 Å². The SMILES string of the molecule is O=C(Nc1cc2c(cn1)CCCC2)C1CC(=O)N(C2CCCCC2)C1. The van der Waals surface area contributed by atoms with Crippen LogP contribution in [0.3, 0.4) is 0 Å². The number of carbonyl (C=O) groups is 2. The van der Waals surface area contributed by atoms with Gasteiger partial charge >= 0.3 is 0 Å². The molecule has 0 bridgehead atoms. The molecule has 25 heavy (non-hydrogen) atoms. The Balaban J connectivity index is 1.39. The molecule has 2 fully saturated rings. The molecule has 0 spiro atoms. The standard InChI is InChI=1S/C20H27N3O2/c24-19-11-16(13-23(19)17-8-2-1-3-9-17)20(25)22-18-10-14-6-4-5-7-15(14)12-21-18/h10,12,16-17H,1-9,11,13H2,(H,21,22,25). The van der Waals surface area contributed by atoms with Crippen LogP contribution in [-0.4, -0.2) is 34.3 Å². The number of hydrogen-bond donors (Lipinski definition) is 1. The zero-order valence-corrected chi connectivity index (χ0v) is 14.8. The lowest BCUT2D eigenvalue weighted by molar-refractivity contribution is -0.130. The largest absolute Gasteiger partial charge is 0.339 e. The van der Waals surface area contributed by atoms with E-state index in [4.69, 9.17) is 0 Å². The van der Waals surface area contributed by atoms with Gasteiger partial charge in [-0.25, -0.2) is 4.98 Å². The fourth-order valence-corrected chi connectivity index (χ4v) is 4.56. The van der Waals surface area contributed by atoms with E-state index in [1.165, 1.54) is 43.2 Å². The lowest BCUT2D eigenvalue weighted by Crippen LogP contribution is -2.38. The highest BCUT2D eigenvalue weighted by atomic mass is 16.2. The number of fused-ring (bicyclic) bond motifs is 1. The highest BCUT2D eigenvalue weighted by molar-refractivity contribution is 5.96. The minimum absolute atomic E-state index is 0.0603. The predicted octanol–water partition coefficient (Wildman–Crippen LogP) is 3.08. The van der Waals surface area contributed by atoms with Crippen molar-refractivity contribution in [2.24, 2.45) is 5.92 Å². The molecule has 1 saturated heterocycles. The van der Waals surface area contributed by atoms with Crippen molar-refractivity contribution in [3.8, 4) is 0 Å². The normalized spacial score (nSPS) is 24.2. The summed E-state index contributed by atoms with van der Waals surface area (Å²) < 4.78 is 0. The number of nitrogens with zero attached hydrogens (tertiary/aromatic N) is 2. The average Bonchev–Trinajstić information content (AvgIpc) is 3.04. The number of nitrogens with one attached hydrogen (secondary N) is 1. The number of pyridine rings is 1. The highest BCUT2D eigenvalue weighted by Gasteiger charge is 2.38. The molecule has 2 heterocycles. The minimum atomic E-state index is -0.243. The summed E-state index contributed by atoms with van der Waals surface area (Å²) in [5, 5.41) is 2.95. The first kappa shape index (κ1) is 16.6. The van der Waals surface area contributed by atoms with E-state index in [1.54, 1.807) is 0 Å². The predicted molar refractivity (Wildman–Crippen MR) is 96.2 cm³/mol. The Morgan fingerprint density at radius 3 is 2.64 bits per heavy atom. The summed E-state index contributed by atoms with van der Waals surface area (Å²) >= 11 is 0. The lowest BCUT2D eigenvalue weighted by Gasteiger charge is -2.31. The second-order valence-corrected chi connectivity index (χ2v) is 7.77. The summed E-state index contributed by atoms with van der Waals surface area (Å²) in [6, 6.07) is 2.36. The van der Waals surface area contributed by atoms with Crippen LogP contribution in [0.5, 0.6) is 0 Å². The summed E-state index contributed by atoms with van der Waals surface area (Å²) in [7, 11) is 0. The van der Waals surface area contributed by atoms with Gasteiger partial charge in [0, 0.05) is 25.2 Å². The summed E-state index contributed by atoms with van der Waals surface area (Å²) in [6.45, 7) is 0.570. The molecule has 1 N–H and O–H groups in total. The van der Waals surface area contributed by atoms with Crippen molar-refractivity contribution in [2.75, 3.05) is 11.9 Å². The molecular formula is C20H27N3O2. The molecule has 5 heteroatoms. The van der Waals surface area contributed by atoms with Crippen molar-refractivity contribution in [1.29, 1.82) is 0 Å². The minimum Gasteiger partial charge on any atom is -0.339 e. The van der Waals surface area contributed by atoms with Gasteiger partial charge in [0.05, 0.1) is 5.92 Å². The topological polar surface area (TPSA) is 62.3 Å². The number of amides is 2. The Labute approximate surface area is 149 Å². The van der Waals surface area contributed by atoms with E-state index >= 15 is 0 Å². The number of carbonyl (C=O) groups excluding carboxylic acids is 2. The zero-order valence-electron chi connectivity index (χ0n) is 14.8. The summed E-state index contributed by atoms with van der Waals surface area (Å²) in [4.78, 5) is 31.4. The maximum absolute atomic E-state index is 12.6. The van der Waals surface area contributed by atoms with Gasteiger partial charge in [0.15, 0.2) is 0 Å². The number of rotatable bonds is 3. The maximum Gasteiger partial charge on any atom is 0.230 e. The molecule has 5 nitrogen and oxygen atoms in total. The van der Waals surface area contributed by atoms with Crippen LogP contribution >= 0.6 is 0 Å². The van der Waals surface area contributed by atoms with Gasteiger partial charge in [-0.1, -0.05) is 19.3 Å². The first-order chi connectivity index (χ1) is 12.2. The monoisotopic (exact) mass is 341 g/mol. The molecule has 3 aliphatic rings. The van der Waals surface area contributed by atoms with Gasteiger partial charge in [-0.15, -0.1) is 0 Å². The first-order valence-corrected chi connectivity index (χ1v) is 9.79. The molecule has 0 radical (unpaired) electrons. The second kappa shape index (κ2) is 7.14. The molecule has 4 rings (SSSR count). The Morgan fingerprint density at radius 1 is 1.08 bits per heavy atom. The van der Waals surface area contributed by atoms with Gasteiger partial charge in [0.2, 0.25) is 11.8 Å². The van der Waals surface area contributed by atoms with Crippen molar-refractivity contribution < 1.29 is 9.59 Å². The molecule has 1 atom stereocenters. The molecular weight excluding hydrogens is 314 g/mol. The van der Waals surface area contributed by atoms with Crippen molar-refractivity contribution in [2.45, 2.75) is 70.3 Å². The van der Waals surface area contributed by atoms with Crippen LogP contribution in [0.4, 0.5) is 5.82 Å². The smallest absolute Gasteiger partial charge is 0.230 e.